The van der Waals surface area contributed by atoms with Crippen molar-refractivity contribution in [3.8, 4) is 0 Å². The highest BCUT2D eigenvalue weighted by Gasteiger charge is 2.36. The van der Waals surface area contributed by atoms with E-state index in [-0.39, 0.29) is 11.4 Å². The molecule has 1 fully saturated rings. The number of ether oxygens (including phenoxy) is 2. The minimum Gasteiger partial charge on any atom is -0.385 e. The molecule has 0 aromatic heterocycles. The van der Waals surface area contributed by atoms with Gasteiger partial charge in [-0.05, 0) is 36.8 Å². The number of nitrogens with one attached hydrogen (secondary N) is 2. The van der Waals surface area contributed by atoms with E-state index >= 15 is 0 Å². The van der Waals surface area contributed by atoms with Crippen LogP contribution < -0.4 is 10.6 Å². The summed E-state index contributed by atoms with van der Waals surface area (Å²) in [6, 6.07) is 5.20. The Bertz CT molecular complexity index is 533. The van der Waals surface area contributed by atoms with Crippen LogP contribution in [0.4, 0.5) is 10.5 Å². The Balaban J connectivity index is 1.91. The second-order valence-electron chi connectivity index (χ2n) is 6.10. The summed E-state index contributed by atoms with van der Waals surface area (Å²) >= 11 is 6.16. The van der Waals surface area contributed by atoms with Crippen molar-refractivity contribution in [3.63, 3.8) is 0 Å². The molecule has 128 valence electrons. The van der Waals surface area contributed by atoms with E-state index in [9.17, 15) is 4.79 Å². The molecule has 0 saturated heterocycles. The van der Waals surface area contributed by atoms with Crippen molar-refractivity contribution in [2.24, 2.45) is 5.41 Å². The molecular formula is C17H25ClN2O3. The molecule has 6 heteroatoms. The number of anilines is 1. The van der Waals surface area contributed by atoms with Gasteiger partial charge in [0.05, 0.1) is 6.61 Å². The first-order valence-corrected chi connectivity index (χ1v) is 8.28. The maximum atomic E-state index is 12.2. The second kappa shape index (κ2) is 8.52. The Kier molecular flexibility index (Phi) is 6.69. The van der Waals surface area contributed by atoms with Gasteiger partial charge in [0.2, 0.25) is 0 Å². The fraction of sp³-hybridized carbons (Fsp3) is 0.588. The fourth-order valence-corrected chi connectivity index (χ4v) is 3.14. The quantitative estimate of drug-likeness (QED) is 0.756. The van der Waals surface area contributed by atoms with E-state index in [0.717, 1.165) is 31.4 Å². The van der Waals surface area contributed by atoms with E-state index < -0.39 is 0 Å². The van der Waals surface area contributed by atoms with E-state index in [4.69, 9.17) is 21.1 Å². The Morgan fingerprint density at radius 3 is 2.70 bits per heavy atom. The van der Waals surface area contributed by atoms with E-state index in [1.165, 1.54) is 6.42 Å². The summed E-state index contributed by atoms with van der Waals surface area (Å²) in [5, 5.41) is 6.43. The highest BCUT2D eigenvalue weighted by Crippen LogP contribution is 2.43. The number of amides is 2. The maximum absolute atomic E-state index is 12.2. The highest BCUT2D eigenvalue weighted by molar-refractivity contribution is 6.31. The summed E-state index contributed by atoms with van der Waals surface area (Å²) in [5.74, 6) is 0. The van der Waals surface area contributed by atoms with Crippen LogP contribution in [0.25, 0.3) is 0 Å². The summed E-state index contributed by atoms with van der Waals surface area (Å²) in [4.78, 5) is 12.2. The van der Waals surface area contributed by atoms with Crippen molar-refractivity contribution < 1.29 is 14.3 Å². The van der Waals surface area contributed by atoms with Crippen molar-refractivity contribution in [2.75, 3.05) is 32.7 Å². The number of benzene rings is 1. The molecule has 5 nitrogen and oxygen atoms in total. The smallest absolute Gasteiger partial charge is 0.319 e. The van der Waals surface area contributed by atoms with Crippen LogP contribution in [0.2, 0.25) is 5.02 Å². The molecule has 1 aromatic rings. The third-order valence-electron chi connectivity index (χ3n) is 4.53. The van der Waals surface area contributed by atoms with Crippen molar-refractivity contribution in [2.45, 2.75) is 32.3 Å². The molecule has 2 amide bonds. The van der Waals surface area contributed by atoms with Gasteiger partial charge >= 0.3 is 6.03 Å². The van der Waals surface area contributed by atoms with Gasteiger partial charge in [-0.1, -0.05) is 24.1 Å². The number of carbonyl (C=O) groups is 1. The molecule has 2 N–H and O–H groups in total. The van der Waals surface area contributed by atoms with E-state index in [0.29, 0.717) is 23.9 Å². The Labute approximate surface area is 142 Å². The molecule has 1 saturated carbocycles. The van der Waals surface area contributed by atoms with Gasteiger partial charge in [0.15, 0.2) is 0 Å². The molecule has 0 spiro atoms. The largest absolute Gasteiger partial charge is 0.385 e. The van der Waals surface area contributed by atoms with Gasteiger partial charge in [-0.15, -0.1) is 0 Å². The van der Waals surface area contributed by atoms with Crippen molar-refractivity contribution in [1.29, 1.82) is 0 Å². The van der Waals surface area contributed by atoms with Gasteiger partial charge in [-0.2, -0.15) is 0 Å². The average Bonchev–Trinajstić information content (AvgIpc) is 2.49. The molecule has 23 heavy (non-hydrogen) atoms. The van der Waals surface area contributed by atoms with Gasteiger partial charge in [0, 0.05) is 43.6 Å². The predicted octanol–water partition coefficient (Wildman–Crippen LogP) is 3.81. The zero-order valence-electron chi connectivity index (χ0n) is 13.8. The highest BCUT2D eigenvalue weighted by atomic mass is 35.5. The summed E-state index contributed by atoms with van der Waals surface area (Å²) in [7, 11) is 3.31. The third-order valence-corrected chi connectivity index (χ3v) is 4.88. The van der Waals surface area contributed by atoms with Gasteiger partial charge in [0.1, 0.15) is 0 Å². The van der Waals surface area contributed by atoms with Crippen LogP contribution in [0.3, 0.4) is 0 Å². The molecule has 0 heterocycles. The lowest BCUT2D eigenvalue weighted by atomic mass is 9.67. The van der Waals surface area contributed by atoms with Crippen molar-refractivity contribution >= 4 is 23.3 Å². The van der Waals surface area contributed by atoms with Crippen LogP contribution in [0.1, 0.15) is 31.2 Å². The molecule has 1 aromatic carbocycles. The molecular weight excluding hydrogens is 316 g/mol. The second-order valence-corrected chi connectivity index (χ2v) is 6.51. The summed E-state index contributed by atoms with van der Waals surface area (Å²) in [6.45, 7) is 1.75. The number of hydrogen-bond donors (Lipinski definition) is 2. The van der Waals surface area contributed by atoms with Gasteiger partial charge in [-0.3, -0.25) is 0 Å². The first-order valence-electron chi connectivity index (χ1n) is 7.90. The first kappa shape index (κ1) is 18.0. The van der Waals surface area contributed by atoms with Gasteiger partial charge in [-0.25, -0.2) is 4.79 Å². The zero-order valence-corrected chi connectivity index (χ0v) is 14.5. The Morgan fingerprint density at radius 1 is 1.30 bits per heavy atom. The van der Waals surface area contributed by atoms with Gasteiger partial charge < -0.3 is 20.1 Å². The van der Waals surface area contributed by atoms with E-state index in [2.05, 4.69) is 10.6 Å². The molecule has 0 atom stereocenters. The van der Waals surface area contributed by atoms with E-state index in [1.54, 1.807) is 20.3 Å². The van der Waals surface area contributed by atoms with Crippen LogP contribution >= 0.6 is 11.6 Å². The third kappa shape index (κ3) is 4.83. The normalized spacial score (nSPS) is 15.8. The van der Waals surface area contributed by atoms with Crippen molar-refractivity contribution in [1.82, 2.24) is 5.32 Å². The SMILES string of the molecule is COCCC1(CNC(=O)Nc2cccc(Cl)c2COC)CCC1. The Morgan fingerprint density at radius 2 is 2.09 bits per heavy atom. The monoisotopic (exact) mass is 340 g/mol. The number of halogens is 1. The standard InChI is InChI=1S/C17H25ClN2O3/c1-22-10-9-17(7-4-8-17)12-19-16(21)20-15-6-3-5-14(18)13(15)11-23-2/h3,5-6H,4,7-12H2,1-2H3,(H2,19,20,21). The summed E-state index contributed by atoms with van der Waals surface area (Å²) < 4.78 is 10.3. The minimum atomic E-state index is -0.215. The van der Waals surface area contributed by atoms with Crippen LogP contribution in [0.15, 0.2) is 18.2 Å². The molecule has 0 radical (unpaired) electrons. The van der Waals surface area contributed by atoms with Crippen molar-refractivity contribution in [3.05, 3.63) is 28.8 Å². The first-order chi connectivity index (χ1) is 11.1. The number of urea groups is 1. The molecule has 1 aliphatic rings. The molecule has 0 aliphatic heterocycles. The average molecular weight is 341 g/mol. The molecule has 0 unspecified atom stereocenters. The molecule has 1 aliphatic carbocycles. The summed E-state index contributed by atoms with van der Waals surface area (Å²) in [6.07, 6.45) is 4.49. The molecule has 2 rings (SSSR count). The maximum Gasteiger partial charge on any atom is 0.319 e. The molecule has 0 bridgehead atoms. The topological polar surface area (TPSA) is 59.6 Å². The van der Waals surface area contributed by atoms with Gasteiger partial charge in [0.25, 0.3) is 0 Å². The lowest BCUT2D eigenvalue weighted by molar-refractivity contribution is 0.0717. The summed E-state index contributed by atoms with van der Waals surface area (Å²) in [5.41, 5.74) is 1.65. The Hall–Kier alpha value is -1.30. The van der Waals surface area contributed by atoms with Crippen LogP contribution in [-0.4, -0.2) is 33.4 Å². The lowest BCUT2D eigenvalue weighted by Crippen LogP contribution is -2.44. The lowest BCUT2D eigenvalue weighted by Gasteiger charge is -2.42. The minimum absolute atomic E-state index is 0.192. The fourth-order valence-electron chi connectivity index (χ4n) is 2.91. The number of rotatable bonds is 8. The number of methoxy groups -OCH3 is 2. The predicted molar refractivity (Wildman–Crippen MR) is 92.0 cm³/mol. The number of carbonyl (C=O) groups excluding carboxylic acids is 1. The van der Waals surface area contributed by atoms with Crippen LogP contribution in [0.5, 0.6) is 0 Å². The van der Waals surface area contributed by atoms with Crippen LogP contribution in [-0.2, 0) is 16.1 Å². The van der Waals surface area contributed by atoms with E-state index in [1.807, 2.05) is 12.1 Å². The van der Waals surface area contributed by atoms with Crippen LogP contribution in [0, 0.1) is 5.41 Å². The zero-order chi connectivity index (χ0) is 16.7. The number of hydrogen-bond acceptors (Lipinski definition) is 3.